The van der Waals surface area contributed by atoms with Crippen LogP contribution in [0.5, 0.6) is 0 Å². The summed E-state index contributed by atoms with van der Waals surface area (Å²) in [6.07, 6.45) is 8.29. The molecule has 0 aliphatic carbocycles. The van der Waals surface area contributed by atoms with Crippen molar-refractivity contribution in [1.29, 1.82) is 0 Å². The molecule has 1 aliphatic heterocycles. The van der Waals surface area contributed by atoms with Crippen LogP contribution in [0.1, 0.15) is 39.0 Å². The van der Waals surface area contributed by atoms with Gasteiger partial charge in [0.15, 0.2) is 0 Å². The number of rotatable bonds is 9. The lowest BCUT2D eigenvalue weighted by Gasteiger charge is -2.32. The summed E-state index contributed by atoms with van der Waals surface area (Å²) in [6.45, 7) is 13.0. The van der Waals surface area contributed by atoms with E-state index < -0.39 is 0 Å². The van der Waals surface area contributed by atoms with Crippen LogP contribution in [0.25, 0.3) is 0 Å². The highest BCUT2D eigenvalue weighted by Crippen LogP contribution is 2.07. The average Bonchev–Trinajstić information content (AvgIpc) is 2.43. The molecule has 0 aromatic rings. The molecule has 110 valence electrons. The lowest BCUT2D eigenvalue weighted by molar-refractivity contribution is 0.152. The van der Waals surface area contributed by atoms with Gasteiger partial charge in [0, 0.05) is 38.4 Å². The number of hydrogen-bond acceptors (Lipinski definition) is 3. The van der Waals surface area contributed by atoms with Gasteiger partial charge < -0.3 is 9.80 Å². The summed E-state index contributed by atoms with van der Waals surface area (Å²) in [5, 5.41) is 0. The van der Waals surface area contributed by atoms with E-state index in [2.05, 4.69) is 35.3 Å². The monoisotopic (exact) mass is 265 g/mol. The van der Waals surface area contributed by atoms with Gasteiger partial charge in [-0.1, -0.05) is 19.4 Å². The Kier molecular flexibility index (Phi) is 8.76. The van der Waals surface area contributed by atoms with E-state index in [-0.39, 0.29) is 0 Å². The average molecular weight is 265 g/mol. The predicted octanol–water partition coefficient (Wildman–Crippen LogP) is 2.83. The van der Waals surface area contributed by atoms with Crippen LogP contribution in [0, 0.1) is 0 Å². The summed E-state index contributed by atoms with van der Waals surface area (Å²) in [4.78, 5) is 9.45. The number of piperazine rings is 1. The van der Waals surface area contributed by atoms with Crippen molar-refractivity contribution < 1.29 is 0 Å². The zero-order chi connectivity index (χ0) is 13.9. The topological polar surface area (TPSA) is 18.8 Å². The van der Waals surface area contributed by atoms with Crippen LogP contribution < -0.4 is 0 Å². The molecule has 1 aliphatic rings. The fourth-order valence-electron chi connectivity index (χ4n) is 2.52. The lowest BCUT2D eigenvalue weighted by atomic mass is 10.1. The van der Waals surface area contributed by atoms with E-state index in [4.69, 9.17) is 0 Å². The highest BCUT2D eigenvalue weighted by Gasteiger charge is 2.12. The molecule has 0 amide bonds. The highest BCUT2D eigenvalue weighted by molar-refractivity contribution is 5.94. The first-order valence-electron chi connectivity index (χ1n) is 7.83. The molecule has 0 bridgehead atoms. The molecule has 0 N–H and O–H groups in total. The molecule has 0 atom stereocenters. The maximum absolute atomic E-state index is 4.43. The molecule has 0 radical (unpaired) electrons. The van der Waals surface area contributed by atoms with Gasteiger partial charge in [0.05, 0.1) is 0 Å². The third-order valence-electron chi connectivity index (χ3n) is 3.85. The SMILES string of the molecule is C=CC(CCCCCCN1CCN(C)CC1)=NCC. The minimum atomic E-state index is 0.880. The van der Waals surface area contributed by atoms with E-state index in [1.807, 2.05) is 6.08 Å². The highest BCUT2D eigenvalue weighted by atomic mass is 15.2. The molecule has 0 aromatic carbocycles. The number of unbranched alkanes of at least 4 members (excludes halogenated alkanes) is 3. The number of nitrogens with zero attached hydrogens (tertiary/aromatic N) is 3. The van der Waals surface area contributed by atoms with Crippen molar-refractivity contribution in [3.8, 4) is 0 Å². The largest absolute Gasteiger partial charge is 0.304 e. The standard InChI is InChI=1S/C16H31N3/c1-4-16(17-5-2)10-8-6-7-9-11-19-14-12-18(3)13-15-19/h4H,1,5-15H2,2-3H3. The van der Waals surface area contributed by atoms with Gasteiger partial charge in [-0.25, -0.2) is 0 Å². The third kappa shape index (κ3) is 7.48. The van der Waals surface area contributed by atoms with Gasteiger partial charge in [-0.3, -0.25) is 4.99 Å². The van der Waals surface area contributed by atoms with Gasteiger partial charge in [-0.15, -0.1) is 0 Å². The molecule has 1 fully saturated rings. The summed E-state index contributed by atoms with van der Waals surface area (Å²) in [7, 11) is 2.21. The minimum absolute atomic E-state index is 0.880. The fraction of sp³-hybridized carbons (Fsp3) is 0.812. The number of aliphatic imine (C=N–C) groups is 1. The summed E-state index contributed by atoms with van der Waals surface area (Å²) >= 11 is 0. The molecule has 1 rings (SSSR count). The van der Waals surface area contributed by atoms with E-state index in [0.29, 0.717) is 0 Å². The van der Waals surface area contributed by atoms with Crippen LogP contribution in [0.2, 0.25) is 0 Å². The van der Waals surface area contributed by atoms with Crippen LogP contribution in [-0.2, 0) is 0 Å². The van der Waals surface area contributed by atoms with E-state index in [1.54, 1.807) is 0 Å². The Morgan fingerprint density at radius 2 is 1.79 bits per heavy atom. The maximum Gasteiger partial charge on any atom is 0.0364 e. The van der Waals surface area contributed by atoms with E-state index in [1.165, 1.54) is 64.1 Å². The summed E-state index contributed by atoms with van der Waals surface area (Å²) < 4.78 is 0. The molecule has 3 heteroatoms. The Balaban J connectivity index is 1.96. The molecule has 0 saturated carbocycles. The number of allylic oxidation sites excluding steroid dienone is 1. The third-order valence-corrected chi connectivity index (χ3v) is 3.85. The van der Waals surface area contributed by atoms with Crippen molar-refractivity contribution in [2.75, 3.05) is 46.3 Å². The van der Waals surface area contributed by atoms with Crippen LogP contribution in [-0.4, -0.2) is 61.8 Å². The van der Waals surface area contributed by atoms with Crippen LogP contribution in [0.4, 0.5) is 0 Å². The summed E-state index contributed by atoms with van der Waals surface area (Å²) in [6, 6.07) is 0. The van der Waals surface area contributed by atoms with Crippen molar-refractivity contribution in [3.05, 3.63) is 12.7 Å². The Labute approximate surface area is 119 Å². The van der Waals surface area contributed by atoms with Gasteiger partial charge in [0.2, 0.25) is 0 Å². The van der Waals surface area contributed by atoms with Crippen molar-refractivity contribution in [3.63, 3.8) is 0 Å². The van der Waals surface area contributed by atoms with Gasteiger partial charge >= 0.3 is 0 Å². The van der Waals surface area contributed by atoms with Crippen molar-refractivity contribution in [2.45, 2.75) is 39.0 Å². The smallest absolute Gasteiger partial charge is 0.0364 e. The number of likely N-dealkylation sites (N-methyl/N-ethyl adjacent to an activating group) is 1. The molecule has 19 heavy (non-hydrogen) atoms. The molecule has 1 saturated heterocycles. The normalized spacial score (nSPS) is 18.7. The summed E-state index contributed by atoms with van der Waals surface area (Å²) in [5.41, 5.74) is 1.18. The Morgan fingerprint density at radius 3 is 2.42 bits per heavy atom. The van der Waals surface area contributed by atoms with E-state index >= 15 is 0 Å². The van der Waals surface area contributed by atoms with Gasteiger partial charge in [-0.05, 0) is 45.9 Å². The Bertz CT molecular complexity index is 265. The first-order chi connectivity index (χ1) is 9.26. The van der Waals surface area contributed by atoms with E-state index in [9.17, 15) is 0 Å². The van der Waals surface area contributed by atoms with Crippen LogP contribution in [0.15, 0.2) is 17.6 Å². The molecule has 0 aromatic heterocycles. The maximum atomic E-state index is 4.43. The molecule has 3 nitrogen and oxygen atoms in total. The van der Waals surface area contributed by atoms with Crippen molar-refractivity contribution in [1.82, 2.24) is 9.80 Å². The second-order valence-corrected chi connectivity index (χ2v) is 5.48. The fourth-order valence-corrected chi connectivity index (χ4v) is 2.52. The Hall–Kier alpha value is -0.670. The van der Waals surface area contributed by atoms with Crippen molar-refractivity contribution in [2.24, 2.45) is 4.99 Å². The van der Waals surface area contributed by atoms with Crippen molar-refractivity contribution >= 4 is 5.71 Å². The minimum Gasteiger partial charge on any atom is -0.304 e. The molecular formula is C16H31N3. The number of hydrogen-bond donors (Lipinski definition) is 0. The molecule has 0 spiro atoms. The zero-order valence-electron chi connectivity index (χ0n) is 12.9. The summed E-state index contributed by atoms with van der Waals surface area (Å²) in [5.74, 6) is 0. The molecular weight excluding hydrogens is 234 g/mol. The lowest BCUT2D eigenvalue weighted by Crippen LogP contribution is -2.44. The van der Waals surface area contributed by atoms with Gasteiger partial charge in [0.1, 0.15) is 0 Å². The predicted molar refractivity (Wildman–Crippen MR) is 85.2 cm³/mol. The molecule has 1 heterocycles. The first-order valence-corrected chi connectivity index (χ1v) is 7.83. The van der Waals surface area contributed by atoms with Crippen LogP contribution in [0.3, 0.4) is 0 Å². The first kappa shape index (κ1) is 16.4. The Morgan fingerprint density at radius 1 is 1.11 bits per heavy atom. The molecule has 0 unspecified atom stereocenters. The van der Waals surface area contributed by atoms with Crippen LogP contribution >= 0.6 is 0 Å². The zero-order valence-corrected chi connectivity index (χ0v) is 12.9. The quantitative estimate of drug-likeness (QED) is 0.471. The van der Waals surface area contributed by atoms with Gasteiger partial charge in [-0.2, -0.15) is 0 Å². The van der Waals surface area contributed by atoms with Gasteiger partial charge in [0.25, 0.3) is 0 Å². The second kappa shape index (κ2) is 10.2. The second-order valence-electron chi connectivity index (χ2n) is 5.48. The van der Waals surface area contributed by atoms with E-state index in [0.717, 1.165) is 13.0 Å².